The van der Waals surface area contributed by atoms with E-state index in [4.69, 9.17) is 0 Å². The van der Waals surface area contributed by atoms with Crippen molar-refractivity contribution in [3.8, 4) is 0 Å². The Hall–Kier alpha value is -0.560. The Balaban J connectivity index is 2.62. The fourth-order valence-corrected chi connectivity index (χ4v) is 0.824. The second-order valence-electron chi connectivity index (χ2n) is 2.89. The molecular formula is C8H13N. The van der Waals surface area contributed by atoms with Gasteiger partial charge >= 0.3 is 0 Å². The van der Waals surface area contributed by atoms with Crippen LogP contribution in [-0.4, -0.2) is 12.1 Å². The van der Waals surface area contributed by atoms with Crippen molar-refractivity contribution >= 4 is 0 Å². The molecule has 0 spiro atoms. The molecule has 1 heterocycles. The topological polar surface area (TPSA) is 12.0 Å². The smallest absolute Gasteiger partial charge is 0.0313 e. The summed E-state index contributed by atoms with van der Waals surface area (Å²) in [6.07, 6.45) is 8.43. The fraction of sp³-hybridized carbons (Fsp3) is 0.500. The molecule has 9 heavy (non-hydrogen) atoms. The maximum Gasteiger partial charge on any atom is 0.0313 e. The van der Waals surface area contributed by atoms with Gasteiger partial charge in [0.05, 0.1) is 0 Å². The molecule has 0 unspecified atom stereocenters. The van der Waals surface area contributed by atoms with E-state index in [1.54, 1.807) is 0 Å². The molecule has 1 aliphatic heterocycles. The first-order valence-corrected chi connectivity index (χ1v) is 3.30. The van der Waals surface area contributed by atoms with Crippen LogP contribution in [0.15, 0.2) is 24.3 Å². The van der Waals surface area contributed by atoms with E-state index in [0.717, 1.165) is 6.54 Å². The van der Waals surface area contributed by atoms with Gasteiger partial charge in [0.2, 0.25) is 0 Å². The van der Waals surface area contributed by atoms with Crippen LogP contribution in [0.2, 0.25) is 0 Å². The maximum absolute atomic E-state index is 3.35. The van der Waals surface area contributed by atoms with Gasteiger partial charge in [-0.2, -0.15) is 0 Å². The van der Waals surface area contributed by atoms with Gasteiger partial charge in [0.15, 0.2) is 0 Å². The van der Waals surface area contributed by atoms with Crippen LogP contribution in [0.5, 0.6) is 0 Å². The molecule has 0 atom stereocenters. The molecule has 1 rings (SSSR count). The van der Waals surface area contributed by atoms with Crippen LogP contribution >= 0.6 is 0 Å². The molecule has 0 amide bonds. The van der Waals surface area contributed by atoms with E-state index in [1.807, 2.05) is 0 Å². The van der Waals surface area contributed by atoms with E-state index in [9.17, 15) is 0 Å². The van der Waals surface area contributed by atoms with Crippen molar-refractivity contribution in [1.29, 1.82) is 0 Å². The van der Waals surface area contributed by atoms with Gasteiger partial charge in [-0.15, -0.1) is 0 Å². The summed E-state index contributed by atoms with van der Waals surface area (Å²) < 4.78 is 0. The molecule has 50 valence electrons. The van der Waals surface area contributed by atoms with E-state index in [1.165, 1.54) is 0 Å². The number of hydrogen-bond donors (Lipinski definition) is 1. The van der Waals surface area contributed by atoms with Crippen LogP contribution in [0.3, 0.4) is 0 Å². The van der Waals surface area contributed by atoms with Crippen molar-refractivity contribution in [2.24, 2.45) is 0 Å². The Morgan fingerprint density at radius 3 is 2.89 bits per heavy atom. The Morgan fingerprint density at radius 1 is 1.33 bits per heavy atom. The van der Waals surface area contributed by atoms with E-state index in [-0.39, 0.29) is 5.54 Å². The molecule has 0 saturated carbocycles. The zero-order valence-electron chi connectivity index (χ0n) is 6.02. The summed E-state index contributed by atoms with van der Waals surface area (Å²) in [6, 6.07) is 0. The molecule has 1 N–H and O–H groups in total. The molecule has 0 bridgehead atoms. The highest BCUT2D eigenvalue weighted by molar-refractivity contribution is 5.14. The van der Waals surface area contributed by atoms with Crippen molar-refractivity contribution in [3.05, 3.63) is 24.3 Å². The fourth-order valence-electron chi connectivity index (χ4n) is 0.824. The summed E-state index contributed by atoms with van der Waals surface area (Å²) in [4.78, 5) is 0. The van der Waals surface area contributed by atoms with Crippen molar-refractivity contribution in [2.45, 2.75) is 19.4 Å². The van der Waals surface area contributed by atoms with Crippen LogP contribution in [0.4, 0.5) is 0 Å². The lowest BCUT2D eigenvalue weighted by molar-refractivity contribution is 0.506. The standard InChI is InChI=1S/C8H13N/c1-8(2)6-4-3-5-7-9-8/h3-6,9H,7H2,1-2H3. The number of rotatable bonds is 0. The molecule has 0 aromatic rings. The summed E-state index contributed by atoms with van der Waals surface area (Å²) in [5, 5.41) is 3.35. The Kier molecular flexibility index (Phi) is 1.72. The molecule has 0 aromatic carbocycles. The van der Waals surface area contributed by atoms with Gasteiger partial charge < -0.3 is 5.32 Å². The monoisotopic (exact) mass is 123 g/mol. The average Bonchev–Trinajstić information content (AvgIpc) is 1.92. The van der Waals surface area contributed by atoms with Gasteiger partial charge in [0.1, 0.15) is 0 Å². The second kappa shape index (κ2) is 2.36. The molecule has 0 aromatic heterocycles. The Bertz CT molecular complexity index is 143. The molecular weight excluding hydrogens is 110 g/mol. The average molecular weight is 123 g/mol. The summed E-state index contributed by atoms with van der Waals surface area (Å²) in [5.41, 5.74) is 0.170. The minimum absolute atomic E-state index is 0.170. The highest BCUT2D eigenvalue weighted by atomic mass is 14.9. The van der Waals surface area contributed by atoms with Gasteiger partial charge in [0, 0.05) is 12.1 Å². The van der Waals surface area contributed by atoms with Crippen molar-refractivity contribution < 1.29 is 0 Å². The lowest BCUT2D eigenvalue weighted by atomic mass is 10.1. The predicted octanol–water partition coefficient (Wildman–Crippen LogP) is 1.48. The minimum Gasteiger partial charge on any atom is -0.305 e. The van der Waals surface area contributed by atoms with Gasteiger partial charge in [-0.25, -0.2) is 0 Å². The first-order valence-electron chi connectivity index (χ1n) is 3.30. The normalized spacial score (nSPS) is 23.8. The SMILES string of the molecule is CC1(C)C=CC=CCN1. The summed E-state index contributed by atoms with van der Waals surface area (Å²) in [5.74, 6) is 0. The van der Waals surface area contributed by atoms with E-state index < -0.39 is 0 Å². The van der Waals surface area contributed by atoms with Crippen molar-refractivity contribution in [3.63, 3.8) is 0 Å². The van der Waals surface area contributed by atoms with Crippen LogP contribution < -0.4 is 5.32 Å². The highest BCUT2D eigenvalue weighted by Crippen LogP contribution is 2.05. The van der Waals surface area contributed by atoms with Crippen molar-refractivity contribution in [2.75, 3.05) is 6.54 Å². The zero-order valence-corrected chi connectivity index (χ0v) is 6.02. The molecule has 1 nitrogen and oxygen atoms in total. The maximum atomic E-state index is 3.35. The Morgan fingerprint density at radius 2 is 2.11 bits per heavy atom. The summed E-state index contributed by atoms with van der Waals surface area (Å²) in [6.45, 7) is 5.30. The van der Waals surface area contributed by atoms with Crippen LogP contribution in [-0.2, 0) is 0 Å². The third kappa shape index (κ3) is 2.02. The van der Waals surface area contributed by atoms with E-state index in [2.05, 4.69) is 43.5 Å². The molecule has 0 saturated heterocycles. The lowest BCUT2D eigenvalue weighted by Gasteiger charge is -2.19. The zero-order chi connectivity index (χ0) is 6.74. The molecule has 1 heteroatoms. The first-order chi connectivity index (χ1) is 4.21. The third-order valence-corrected chi connectivity index (χ3v) is 1.44. The van der Waals surface area contributed by atoms with Crippen molar-refractivity contribution in [1.82, 2.24) is 5.32 Å². The van der Waals surface area contributed by atoms with E-state index >= 15 is 0 Å². The molecule has 1 aliphatic rings. The van der Waals surface area contributed by atoms with Gasteiger partial charge in [-0.1, -0.05) is 24.3 Å². The van der Waals surface area contributed by atoms with Crippen LogP contribution in [0.25, 0.3) is 0 Å². The second-order valence-corrected chi connectivity index (χ2v) is 2.89. The van der Waals surface area contributed by atoms with Gasteiger partial charge in [-0.3, -0.25) is 0 Å². The lowest BCUT2D eigenvalue weighted by Crippen LogP contribution is -2.36. The molecule has 0 fully saturated rings. The summed E-state index contributed by atoms with van der Waals surface area (Å²) in [7, 11) is 0. The van der Waals surface area contributed by atoms with Crippen LogP contribution in [0.1, 0.15) is 13.8 Å². The largest absolute Gasteiger partial charge is 0.305 e. The first kappa shape index (κ1) is 6.56. The minimum atomic E-state index is 0.170. The molecule has 0 aliphatic carbocycles. The van der Waals surface area contributed by atoms with E-state index in [0.29, 0.717) is 0 Å². The third-order valence-electron chi connectivity index (χ3n) is 1.44. The number of hydrogen-bond acceptors (Lipinski definition) is 1. The predicted molar refractivity (Wildman–Crippen MR) is 40.4 cm³/mol. The number of nitrogens with one attached hydrogen (secondary N) is 1. The quantitative estimate of drug-likeness (QED) is 0.514. The molecule has 0 radical (unpaired) electrons. The highest BCUT2D eigenvalue weighted by Gasteiger charge is 2.10. The Labute approximate surface area is 56.5 Å². The number of allylic oxidation sites excluding steroid dienone is 2. The summed E-state index contributed by atoms with van der Waals surface area (Å²) >= 11 is 0. The van der Waals surface area contributed by atoms with Gasteiger partial charge in [0.25, 0.3) is 0 Å². The van der Waals surface area contributed by atoms with Gasteiger partial charge in [-0.05, 0) is 13.8 Å². The van der Waals surface area contributed by atoms with Crippen LogP contribution in [0, 0.1) is 0 Å².